The van der Waals surface area contributed by atoms with Crippen LogP contribution in [0.3, 0.4) is 0 Å². The number of nitrogens with one attached hydrogen (secondary N) is 4. The maximum Gasteiger partial charge on any atom is 0.369 e. The Morgan fingerprint density at radius 3 is 2.42 bits per heavy atom. The highest BCUT2D eigenvalue weighted by Crippen LogP contribution is 2.40. The van der Waals surface area contributed by atoms with Crippen molar-refractivity contribution >= 4 is 46.3 Å². The smallest absolute Gasteiger partial charge is 0.369 e. The van der Waals surface area contributed by atoms with Crippen molar-refractivity contribution in [1.82, 2.24) is 25.8 Å². The molecule has 3 aromatic rings. The third-order valence-electron chi connectivity index (χ3n) is 6.97. The summed E-state index contributed by atoms with van der Waals surface area (Å²) < 4.78 is 5.67. The normalized spacial score (nSPS) is 18.4. The van der Waals surface area contributed by atoms with Crippen molar-refractivity contribution in [3.8, 4) is 16.3 Å². The minimum absolute atomic E-state index is 0.00453. The van der Waals surface area contributed by atoms with Crippen molar-refractivity contribution in [2.24, 2.45) is 5.92 Å². The van der Waals surface area contributed by atoms with Crippen LogP contribution in [0.4, 0.5) is 17.2 Å². The second-order valence-electron chi connectivity index (χ2n) is 10.4. The first-order chi connectivity index (χ1) is 20.5. The standard InChI is InChI=1S/C27H31N7O8S/c1-42-22-16(26-28-12-19(43-26)24(37)29-14-7-9-15(35)10-8-14)3-2-4-17(22)30-18-11-20(31-23(36)13-5-6-13)33-34-21(18)25(38)32-27(39,40)41/h2-4,11-15,35,39-41H,5-10H2,1H3,(H,29,37)(H,32,38)(H2,30,31,33,36). The van der Waals surface area contributed by atoms with E-state index in [1.807, 2.05) is 0 Å². The number of aromatic nitrogens is 3. The molecule has 2 saturated carbocycles. The minimum Gasteiger partial charge on any atom is -0.494 e. The number of aliphatic hydroxyl groups is 4. The van der Waals surface area contributed by atoms with Crippen LogP contribution in [0.5, 0.6) is 5.75 Å². The highest BCUT2D eigenvalue weighted by Gasteiger charge is 2.31. The third kappa shape index (κ3) is 7.60. The minimum atomic E-state index is -3.51. The second kappa shape index (κ2) is 12.6. The zero-order valence-electron chi connectivity index (χ0n) is 23.0. The van der Waals surface area contributed by atoms with Crippen LogP contribution in [-0.4, -0.2) is 78.7 Å². The summed E-state index contributed by atoms with van der Waals surface area (Å²) >= 11 is 1.16. The average Bonchev–Trinajstić information content (AvgIpc) is 3.70. The van der Waals surface area contributed by atoms with Crippen molar-refractivity contribution in [3.63, 3.8) is 0 Å². The van der Waals surface area contributed by atoms with Crippen LogP contribution in [0.1, 0.15) is 58.7 Å². The summed E-state index contributed by atoms with van der Waals surface area (Å²) in [7, 11) is 1.43. The number of aliphatic hydroxyl groups excluding tert-OH is 1. The van der Waals surface area contributed by atoms with Crippen LogP contribution in [0.25, 0.3) is 10.6 Å². The summed E-state index contributed by atoms with van der Waals surface area (Å²) in [5, 5.41) is 55.8. The molecule has 0 aliphatic heterocycles. The van der Waals surface area contributed by atoms with Crippen molar-refractivity contribution in [2.45, 2.75) is 56.8 Å². The van der Waals surface area contributed by atoms with Gasteiger partial charge in [-0.3, -0.25) is 19.7 Å². The predicted octanol–water partition coefficient (Wildman–Crippen LogP) is 1.05. The van der Waals surface area contributed by atoms with Gasteiger partial charge in [0.25, 0.3) is 11.8 Å². The van der Waals surface area contributed by atoms with E-state index in [4.69, 9.17) is 4.74 Å². The maximum absolute atomic E-state index is 12.9. The molecule has 43 heavy (non-hydrogen) atoms. The molecule has 0 saturated heterocycles. The molecule has 0 atom stereocenters. The number of hydrogen-bond acceptors (Lipinski definition) is 13. The topological polar surface area (TPSA) is 228 Å². The molecule has 2 fully saturated rings. The Morgan fingerprint density at radius 1 is 1.00 bits per heavy atom. The van der Waals surface area contributed by atoms with Gasteiger partial charge in [0, 0.05) is 18.0 Å². The highest BCUT2D eigenvalue weighted by atomic mass is 32.1. The van der Waals surface area contributed by atoms with Gasteiger partial charge < -0.3 is 41.1 Å². The van der Waals surface area contributed by atoms with E-state index in [9.17, 15) is 34.8 Å². The Morgan fingerprint density at radius 2 is 1.74 bits per heavy atom. The van der Waals surface area contributed by atoms with Crippen LogP contribution in [0, 0.1) is 5.92 Å². The van der Waals surface area contributed by atoms with Gasteiger partial charge in [-0.05, 0) is 50.7 Å². The van der Waals surface area contributed by atoms with E-state index in [0.717, 1.165) is 24.2 Å². The number of amides is 3. The van der Waals surface area contributed by atoms with Crippen LogP contribution in [-0.2, 0) is 4.79 Å². The van der Waals surface area contributed by atoms with Gasteiger partial charge in [-0.25, -0.2) is 4.98 Å². The van der Waals surface area contributed by atoms with E-state index in [-0.39, 0.29) is 41.4 Å². The molecule has 228 valence electrons. The molecular formula is C27H31N7O8S. The SMILES string of the molecule is COc1c(Nc2cc(NC(=O)C3CC3)nnc2C(=O)NC(O)(O)O)cccc1-c1ncc(C(=O)NC2CCC(O)CC2)s1. The Hall–Kier alpha value is -4.22. The first kappa shape index (κ1) is 30.2. The molecule has 2 heterocycles. The van der Waals surface area contributed by atoms with Gasteiger partial charge in [-0.15, -0.1) is 21.5 Å². The zero-order valence-corrected chi connectivity index (χ0v) is 23.8. The maximum atomic E-state index is 12.9. The number of carbonyl (C=O) groups is 3. The second-order valence-corrected chi connectivity index (χ2v) is 11.4. The fourth-order valence-corrected chi connectivity index (χ4v) is 5.49. The average molecular weight is 614 g/mol. The lowest BCUT2D eigenvalue weighted by atomic mass is 9.93. The molecule has 2 aliphatic carbocycles. The Kier molecular flexibility index (Phi) is 8.84. The van der Waals surface area contributed by atoms with E-state index in [2.05, 4.69) is 31.1 Å². The Balaban J connectivity index is 1.41. The fraction of sp³-hybridized carbons (Fsp3) is 0.407. The van der Waals surface area contributed by atoms with Gasteiger partial charge in [0.15, 0.2) is 17.3 Å². The molecule has 2 aromatic heterocycles. The lowest BCUT2D eigenvalue weighted by molar-refractivity contribution is -0.323. The number of ether oxygens (including phenoxy) is 1. The molecule has 1 aromatic carbocycles. The fourth-order valence-electron chi connectivity index (χ4n) is 4.65. The van der Waals surface area contributed by atoms with Crippen molar-refractivity contribution in [3.05, 3.63) is 41.0 Å². The van der Waals surface area contributed by atoms with Gasteiger partial charge in [-0.1, -0.05) is 6.07 Å². The molecule has 0 spiro atoms. The number of rotatable bonds is 10. The number of thiazole rings is 1. The molecular weight excluding hydrogens is 582 g/mol. The molecule has 2 aliphatic rings. The number of para-hydroxylation sites is 1. The summed E-state index contributed by atoms with van der Waals surface area (Å²) in [6, 6.07) is 6.39. The quantitative estimate of drug-likeness (QED) is 0.150. The van der Waals surface area contributed by atoms with Crippen molar-refractivity contribution in [2.75, 3.05) is 17.7 Å². The molecule has 0 bridgehead atoms. The third-order valence-corrected chi connectivity index (χ3v) is 8.00. The molecule has 15 nitrogen and oxygen atoms in total. The van der Waals surface area contributed by atoms with Gasteiger partial charge >= 0.3 is 6.10 Å². The van der Waals surface area contributed by atoms with Gasteiger partial charge in [0.2, 0.25) is 5.91 Å². The number of nitrogens with zero attached hydrogens (tertiary/aromatic N) is 3. The number of carbonyl (C=O) groups excluding carboxylic acids is 3. The summed E-state index contributed by atoms with van der Waals surface area (Å²) in [5.74, 6) is -1.47. The van der Waals surface area contributed by atoms with E-state index in [0.29, 0.717) is 52.6 Å². The molecule has 0 unspecified atom stereocenters. The van der Waals surface area contributed by atoms with E-state index in [1.165, 1.54) is 19.4 Å². The van der Waals surface area contributed by atoms with Crippen LogP contribution in [0.15, 0.2) is 30.5 Å². The number of hydrogen-bond donors (Lipinski definition) is 8. The van der Waals surface area contributed by atoms with E-state index < -0.39 is 17.7 Å². The summed E-state index contributed by atoms with van der Waals surface area (Å²) in [6.45, 7) is 0. The van der Waals surface area contributed by atoms with Gasteiger partial charge in [0.1, 0.15) is 9.88 Å². The highest BCUT2D eigenvalue weighted by molar-refractivity contribution is 7.17. The lowest BCUT2D eigenvalue weighted by Gasteiger charge is -2.25. The first-order valence-corrected chi connectivity index (χ1v) is 14.4. The monoisotopic (exact) mass is 613 g/mol. The van der Waals surface area contributed by atoms with Gasteiger partial charge in [-0.2, -0.15) is 0 Å². The van der Waals surface area contributed by atoms with Gasteiger partial charge in [0.05, 0.1) is 36.3 Å². The molecule has 16 heteroatoms. The summed E-state index contributed by atoms with van der Waals surface area (Å²) in [5.41, 5.74) is 0.441. The lowest BCUT2D eigenvalue weighted by Crippen LogP contribution is -2.48. The number of benzene rings is 1. The molecule has 8 N–H and O–H groups in total. The number of methoxy groups -OCH3 is 1. The Labute approximate surface area is 249 Å². The molecule has 5 rings (SSSR count). The van der Waals surface area contributed by atoms with Crippen LogP contribution < -0.4 is 26.0 Å². The van der Waals surface area contributed by atoms with Crippen molar-refractivity contribution < 1.29 is 39.5 Å². The number of anilines is 3. The molecule has 3 amide bonds. The zero-order chi connectivity index (χ0) is 30.7. The first-order valence-electron chi connectivity index (χ1n) is 13.6. The molecule has 0 radical (unpaired) electrons. The predicted molar refractivity (Wildman–Crippen MR) is 153 cm³/mol. The summed E-state index contributed by atoms with van der Waals surface area (Å²) in [6.07, 6.45) is 1.82. The Bertz CT molecular complexity index is 1510. The largest absolute Gasteiger partial charge is 0.494 e. The van der Waals surface area contributed by atoms with Crippen LogP contribution in [0.2, 0.25) is 0 Å². The van der Waals surface area contributed by atoms with E-state index in [1.54, 1.807) is 23.5 Å². The van der Waals surface area contributed by atoms with Crippen molar-refractivity contribution in [1.29, 1.82) is 0 Å². The van der Waals surface area contributed by atoms with E-state index >= 15 is 0 Å². The summed E-state index contributed by atoms with van der Waals surface area (Å²) in [4.78, 5) is 42.7. The van der Waals surface area contributed by atoms with Crippen LogP contribution >= 0.6 is 11.3 Å².